The van der Waals surface area contributed by atoms with Gasteiger partial charge < -0.3 is 20.1 Å². The lowest BCUT2D eigenvalue weighted by molar-refractivity contribution is -0.119. The van der Waals surface area contributed by atoms with E-state index in [1.807, 2.05) is 97.1 Å². The number of anilines is 2. The van der Waals surface area contributed by atoms with E-state index in [1.165, 1.54) is 0 Å². The molecule has 0 unspecified atom stereocenters. The third-order valence-electron chi connectivity index (χ3n) is 6.27. The molecule has 0 spiro atoms. The molecule has 0 aliphatic carbocycles. The van der Waals surface area contributed by atoms with Gasteiger partial charge in [-0.2, -0.15) is 0 Å². The van der Waals surface area contributed by atoms with Gasteiger partial charge in [-0.1, -0.05) is 84.9 Å². The van der Waals surface area contributed by atoms with Crippen molar-refractivity contribution in [2.75, 3.05) is 23.8 Å². The molecule has 5 aromatic rings. The van der Waals surface area contributed by atoms with Crippen LogP contribution in [0.15, 0.2) is 130 Å². The largest absolute Gasteiger partial charge is 0.483 e. The minimum Gasteiger partial charge on any atom is -0.483 e. The number of benzene rings is 5. The summed E-state index contributed by atoms with van der Waals surface area (Å²) in [6.45, 7) is -0.413. The minimum absolute atomic E-state index is 0.207. The lowest BCUT2D eigenvalue weighted by Crippen LogP contribution is -2.23. The van der Waals surface area contributed by atoms with Crippen molar-refractivity contribution in [3.63, 3.8) is 0 Å². The van der Waals surface area contributed by atoms with Crippen molar-refractivity contribution >= 4 is 55.0 Å². The molecular formula is C34H26Br2N2O4. The van der Waals surface area contributed by atoms with Crippen molar-refractivity contribution in [1.82, 2.24) is 0 Å². The Hall–Kier alpha value is -4.40. The van der Waals surface area contributed by atoms with Crippen LogP contribution in [-0.2, 0) is 9.59 Å². The third-order valence-corrected chi connectivity index (χ3v) is 7.51. The van der Waals surface area contributed by atoms with Crippen LogP contribution in [0.25, 0.3) is 22.3 Å². The second-order valence-electron chi connectivity index (χ2n) is 9.24. The first-order chi connectivity index (χ1) is 20.5. The number of nitrogens with one attached hydrogen (secondary N) is 2. The molecule has 2 amide bonds. The second kappa shape index (κ2) is 14.0. The zero-order valence-corrected chi connectivity index (χ0v) is 25.5. The van der Waals surface area contributed by atoms with E-state index < -0.39 is 0 Å². The number of para-hydroxylation sites is 2. The Bertz CT molecular complexity index is 1570. The zero-order chi connectivity index (χ0) is 29.3. The number of ether oxygens (including phenoxy) is 2. The Morgan fingerprint density at radius 2 is 0.881 bits per heavy atom. The molecule has 42 heavy (non-hydrogen) atoms. The van der Waals surface area contributed by atoms with Gasteiger partial charge in [-0.15, -0.1) is 0 Å². The summed E-state index contributed by atoms with van der Waals surface area (Å²) in [4.78, 5) is 25.4. The van der Waals surface area contributed by atoms with Gasteiger partial charge in [0.15, 0.2) is 13.2 Å². The van der Waals surface area contributed by atoms with Gasteiger partial charge in [-0.3, -0.25) is 9.59 Å². The fourth-order valence-electron chi connectivity index (χ4n) is 4.22. The number of hydrogen-bond donors (Lipinski definition) is 2. The van der Waals surface area contributed by atoms with Gasteiger partial charge in [0.1, 0.15) is 11.5 Å². The van der Waals surface area contributed by atoms with Crippen molar-refractivity contribution in [2.45, 2.75) is 0 Å². The molecule has 0 radical (unpaired) electrons. The Morgan fingerprint density at radius 3 is 1.26 bits per heavy atom. The second-order valence-corrected chi connectivity index (χ2v) is 11.0. The van der Waals surface area contributed by atoms with E-state index in [1.54, 1.807) is 24.3 Å². The highest BCUT2D eigenvalue weighted by molar-refractivity contribution is 9.11. The molecular weight excluding hydrogens is 660 g/mol. The molecule has 0 aliphatic rings. The summed E-state index contributed by atoms with van der Waals surface area (Å²) in [5.41, 5.74) is 5.13. The molecule has 8 heteroatoms. The van der Waals surface area contributed by atoms with Crippen LogP contribution in [-0.4, -0.2) is 25.0 Å². The molecule has 0 fully saturated rings. The van der Waals surface area contributed by atoms with E-state index in [4.69, 9.17) is 9.47 Å². The first-order valence-corrected chi connectivity index (χ1v) is 14.7. The molecule has 5 rings (SSSR count). The highest BCUT2D eigenvalue weighted by Crippen LogP contribution is 2.32. The summed E-state index contributed by atoms with van der Waals surface area (Å²) < 4.78 is 13.0. The number of carbonyl (C=O) groups is 2. The van der Waals surface area contributed by atoms with Crippen molar-refractivity contribution in [2.24, 2.45) is 0 Å². The van der Waals surface area contributed by atoms with Gasteiger partial charge in [0.25, 0.3) is 11.8 Å². The third kappa shape index (κ3) is 7.66. The SMILES string of the molecule is O=C(COc1ccc(-c2ccccc2)cc1Br)Nc1ccccc1NC(=O)COc1ccc(-c2ccccc2)cc1Br. The highest BCUT2D eigenvalue weighted by Gasteiger charge is 2.13. The van der Waals surface area contributed by atoms with Crippen LogP contribution in [0.2, 0.25) is 0 Å². The van der Waals surface area contributed by atoms with Crippen LogP contribution >= 0.6 is 31.9 Å². The van der Waals surface area contributed by atoms with Gasteiger partial charge in [0.2, 0.25) is 0 Å². The average Bonchev–Trinajstić information content (AvgIpc) is 3.01. The lowest BCUT2D eigenvalue weighted by Gasteiger charge is -2.14. The topological polar surface area (TPSA) is 76.7 Å². The Morgan fingerprint density at radius 1 is 0.500 bits per heavy atom. The molecule has 0 saturated carbocycles. The van der Waals surface area contributed by atoms with Gasteiger partial charge >= 0.3 is 0 Å². The first kappa shape index (κ1) is 29.1. The summed E-state index contributed by atoms with van der Waals surface area (Å²) in [7, 11) is 0. The van der Waals surface area contributed by atoms with Crippen molar-refractivity contribution in [1.29, 1.82) is 0 Å². The molecule has 0 aromatic heterocycles. The standard InChI is InChI=1S/C34H26Br2N2O4/c35-27-19-25(23-9-3-1-4-10-23)15-17-31(27)41-21-33(39)37-29-13-7-8-14-30(29)38-34(40)22-42-32-18-16-26(20-28(32)36)24-11-5-2-6-12-24/h1-20H,21-22H2,(H,37,39)(H,38,40). The molecule has 0 bridgehead atoms. The van der Waals surface area contributed by atoms with Crippen LogP contribution in [0.4, 0.5) is 11.4 Å². The monoisotopic (exact) mass is 684 g/mol. The van der Waals surface area contributed by atoms with Crippen LogP contribution in [0.3, 0.4) is 0 Å². The normalized spacial score (nSPS) is 10.5. The predicted molar refractivity (Wildman–Crippen MR) is 174 cm³/mol. The number of hydrogen-bond acceptors (Lipinski definition) is 4. The number of amides is 2. The Labute approximate surface area is 261 Å². The van der Waals surface area contributed by atoms with Gasteiger partial charge in [-0.05, 0) is 90.5 Å². The Kier molecular flexibility index (Phi) is 9.69. The van der Waals surface area contributed by atoms with Gasteiger partial charge in [-0.25, -0.2) is 0 Å². The average molecular weight is 686 g/mol. The summed E-state index contributed by atoms with van der Waals surface area (Å²) in [5.74, 6) is 0.363. The quantitative estimate of drug-likeness (QED) is 0.154. The van der Waals surface area contributed by atoms with E-state index in [-0.39, 0.29) is 25.0 Å². The van der Waals surface area contributed by atoms with Crippen molar-refractivity contribution in [3.05, 3.63) is 130 Å². The number of halogens is 2. The summed E-state index contributed by atoms with van der Waals surface area (Å²) >= 11 is 7.06. The van der Waals surface area contributed by atoms with E-state index in [9.17, 15) is 9.59 Å². The van der Waals surface area contributed by atoms with Crippen LogP contribution in [0, 0.1) is 0 Å². The molecule has 0 heterocycles. The molecule has 210 valence electrons. The number of rotatable bonds is 10. The summed E-state index contributed by atoms with van der Waals surface area (Å²) in [6, 6.07) is 38.4. The molecule has 2 N–H and O–H groups in total. The highest BCUT2D eigenvalue weighted by atomic mass is 79.9. The fraction of sp³-hybridized carbons (Fsp3) is 0.0588. The van der Waals surface area contributed by atoms with Crippen LogP contribution in [0.1, 0.15) is 0 Å². The summed E-state index contributed by atoms with van der Waals surface area (Å²) in [5, 5.41) is 5.61. The van der Waals surface area contributed by atoms with Gasteiger partial charge in [0.05, 0.1) is 20.3 Å². The van der Waals surface area contributed by atoms with Crippen LogP contribution < -0.4 is 20.1 Å². The maximum atomic E-state index is 12.7. The molecule has 5 aromatic carbocycles. The van der Waals surface area contributed by atoms with Crippen LogP contribution in [0.5, 0.6) is 11.5 Å². The van der Waals surface area contributed by atoms with E-state index >= 15 is 0 Å². The van der Waals surface area contributed by atoms with Crippen molar-refractivity contribution in [3.8, 4) is 33.8 Å². The lowest BCUT2D eigenvalue weighted by atomic mass is 10.1. The van der Waals surface area contributed by atoms with Gasteiger partial charge in [0, 0.05) is 0 Å². The minimum atomic E-state index is -0.366. The zero-order valence-electron chi connectivity index (χ0n) is 22.4. The smallest absolute Gasteiger partial charge is 0.262 e. The fourth-order valence-corrected chi connectivity index (χ4v) is 5.20. The van der Waals surface area contributed by atoms with E-state index in [0.717, 1.165) is 31.2 Å². The maximum absolute atomic E-state index is 12.7. The van der Waals surface area contributed by atoms with Crippen molar-refractivity contribution < 1.29 is 19.1 Å². The molecule has 0 atom stereocenters. The first-order valence-electron chi connectivity index (χ1n) is 13.1. The number of carbonyl (C=O) groups excluding carboxylic acids is 2. The van der Waals surface area contributed by atoms with E-state index in [2.05, 4.69) is 42.5 Å². The maximum Gasteiger partial charge on any atom is 0.262 e. The molecule has 0 aliphatic heterocycles. The molecule has 0 saturated heterocycles. The molecule has 6 nitrogen and oxygen atoms in total. The van der Waals surface area contributed by atoms with E-state index in [0.29, 0.717) is 22.9 Å². The predicted octanol–water partition coefficient (Wildman–Crippen LogP) is 8.58. The summed E-state index contributed by atoms with van der Waals surface area (Å²) in [6.07, 6.45) is 0. The Balaban J connectivity index is 1.14.